The zero-order valence-corrected chi connectivity index (χ0v) is 12.5. The van der Waals surface area contributed by atoms with E-state index in [-0.39, 0.29) is 21.4 Å². The van der Waals surface area contributed by atoms with E-state index >= 15 is 0 Å². The maximum absolute atomic E-state index is 12.0. The quantitative estimate of drug-likeness (QED) is 0.561. The molecule has 20 heavy (non-hydrogen) atoms. The van der Waals surface area contributed by atoms with Crippen LogP contribution in [0.1, 0.15) is 12.8 Å². The van der Waals surface area contributed by atoms with Crippen molar-refractivity contribution >= 4 is 32.0 Å². The second kappa shape index (κ2) is 5.64. The van der Waals surface area contributed by atoms with Crippen LogP contribution in [0.4, 0.5) is 10.7 Å². The molecule has 1 aromatic rings. The van der Waals surface area contributed by atoms with Crippen LogP contribution >= 0.6 is 11.3 Å². The van der Waals surface area contributed by atoms with Crippen LogP contribution in [0.25, 0.3) is 0 Å². The van der Waals surface area contributed by atoms with Crippen molar-refractivity contribution in [3.05, 3.63) is 16.2 Å². The van der Waals surface area contributed by atoms with E-state index in [1.54, 1.807) is 0 Å². The molecule has 0 radical (unpaired) electrons. The summed E-state index contributed by atoms with van der Waals surface area (Å²) in [6.45, 7) is 0.869. The van der Waals surface area contributed by atoms with E-state index in [1.165, 1.54) is 0 Å². The van der Waals surface area contributed by atoms with Gasteiger partial charge in [-0.3, -0.25) is 10.1 Å². The van der Waals surface area contributed by atoms with Gasteiger partial charge in [-0.25, -0.2) is 13.1 Å². The number of sulfonamides is 1. The Balaban J connectivity index is 1.98. The van der Waals surface area contributed by atoms with E-state index in [2.05, 4.69) is 9.62 Å². The van der Waals surface area contributed by atoms with Crippen molar-refractivity contribution in [3.8, 4) is 0 Å². The summed E-state index contributed by atoms with van der Waals surface area (Å²) in [5, 5.41) is 10.6. The molecule has 0 atom stereocenters. The van der Waals surface area contributed by atoms with Crippen molar-refractivity contribution < 1.29 is 13.3 Å². The van der Waals surface area contributed by atoms with Crippen molar-refractivity contribution in [2.75, 3.05) is 25.9 Å². The van der Waals surface area contributed by atoms with Gasteiger partial charge in [0.25, 0.3) is 0 Å². The number of hydrogen-bond donors (Lipinski definition) is 2. The molecule has 1 aliphatic carbocycles. The van der Waals surface area contributed by atoms with Gasteiger partial charge >= 0.3 is 5.69 Å². The molecule has 0 spiro atoms. The Bertz CT molecular complexity index is 609. The highest BCUT2D eigenvalue weighted by atomic mass is 32.2. The van der Waals surface area contributed by atoms with Gasteiger partial charge in [-0.15, -0.1) is 0 Å². The average molecular weight is 320 g/mol. The molecule has 10 heteroatoms. The molecule has 112 valence electrons. The number of hydrogen-bond acceptors (Lipinski definition) is 7. The molecule has 0 aromatic carbocycles. The summed E-state index contributed by atoms with van der Waals surface area (Å²) in [4.78, 5) is 12.1. The van der Waals surface area contributed by atoms with Crippen molar-refractivity contribution in [1.82, 2.24) is 9.62 Å². The lowest BCUT2D eigenvalue weighted by atomic mass is 10.5. The third kappa shape index (κ3) is 3.45. The maximum Gasteiger partial charge on any atom is 0.304 e. The van der Waals surface area contributed by atoms with Crippen molar-refractivity contribution in [3.63, 3.8) is 0 Å². The minimum Gasteiger partial charge on any atom is -0.385 e. The summed E-state index contributed by atoms with van der Waals surface area (Å²) in [6.07, 6.45) is 2.30. The third-order valence-electron chi connectivity index (χ3n) is 3.11. The fourth-order valence-electron chi connectivity index (χ4n) is 1.77. The van der Waals surface area contributed by atoms with Crippen LogP contribution in [-0.4, -0.2) is 44.4 Å². The number of anilines is 1. The summed E-state index contributed by atoms with van der Waals surface area (Å²) >= 11 is 0.699. The molecule has 0 saturated heterocycles. The van der Waals surface area contributed by atoms with E-state index in [1.807, 2.05) is 7.05 Å². The number of nitrogens with zero attached hydrogens (tertiary/aromatic N) is 2. The summed E-state index contributed by atoms with van der Waals surface area (Å²) in [7, 11) is -1.79. The fraction of sp³-hybridized carbons (Fsp3) is 0.600. The highest BCUT2D eigenvalue weighted by Crippen LogP contribution is 2.34. The standard InChI is InChI=1S/C10H16N4O4S2/c1-13(7-2-3-7)5-4-12-20(17,18)9-6-8(14(15)16)10(11)19-9/h6-7,12H,2-5,11H2,1H3. The lowest BCUT2D eigenvalue weighted by Gasteiger charge is -2.15. The maximum atomic E-state index is 12.0. The van der Waals surface area contributed by atoms with Crippen LogP contribution in [-0.2, 0) is 10.0 Å². The second-order valence-corrected chi connectivity index (χ2v) is 7.76. The molecule has 0 bridgehead atoms. The molecule has 1 aromatic heterocycles. The van der Waals surface area contributed by atoms with Crippen LogP contribution in [0.3, 0.4) is 0 Å². The Labute approximate surface area is 120 Å². The van der Waals surface area contributed by atoms with Gasteiger partial charge in [-0.1, -0.05) is 11.3 Å². The smallest absolute Gasteiger partial charge is 0.304 e. The highest BCUT2D eigenvalue weighted by molar-refractivity contribution is 7.91. The molecule has 2 rings (SSSR count). The molecule has 1 saturated carbocycles. The molecule has 1 heterocycles. The normalized spacial score (nSPS) is 15.7. The number of nitrogen functional groups attached to an aromatic ring is 1. The van der Waals surface area contributed by atoms with Gasteiger partial charge in [0.2, 0.25) is 10.0 Å². The molecular formula is C10H16N4O4S2. The van der Waals surface area contributed by atoms with E-state index in [9.17, 15) is 18.5 Å². The molecular weight excluding hydrogens is 304 g/mol. The van der Waals surface area contributed by atoms with Crippen LogP contribution in [0.2, 0.25) is 0 Å². The van der Waals surface area contributed by atoms with Crippen molar-refractivity contribution in [2.45, 2.75) is 23.1 Å². The lowest BCUT2D eigenvalue weighted by molar-refractivity contribution is -0.383. The Hall–Kier alpha value is -1.23. The van der Waals surface area contributed by atoms with E-state index in [4.69, 9.17) is 5.73 Å². The van der Waals surface area contributed by atoms with Crippen LogP contribution < -0.4 is 10.5 Å². The van der Waals surface area contributed by atoms with Gasteiger partial charge in [-0.2, -0.15) is 0 Å². The first-order valence-corrected chi connectivity index (χ1v) is 8.35. The van der Waals surface area contributed by atoms with Crippen molar-refractivity contribution in [1.29, 1.82) is 0 Å². The predicted octanol–water partition coefficient (Wildman–Crippen LogP) is 0.611. The van der Waals surface area contributed by atoms with E-state index in [0.717, 1.165) is 18.9 Å². The molecule has 3 N–H and O–H groups in total. The Morgan fingerprint density at radius 2 is 2.25 bits per heavy atom. The first-order chi connectivity index (χ1) is 9.31. The van der Waals surface area contributed by atoms with E-state index in [0.29, 0.717) is 23.9 Å². The fourth-order valence-corrected chi connectivity index (χ4v) is 4.05. The van der Waals surface area contributed by atoms with Crippen LogP contribution in [0, 0.1) is 10.1 Å². The number of likely N-dealkylation sites (N-methyl/N-ethyl adjacent to an activating group) is 1. The van der Waals surface area contributed by atoms with E-state index < -0.39 is 14.9 Å². The summed E-state index contributed by atoms with van der Waals surface area (Å²) in [5.41, 5.74) is 5.07. The van der Waals surface area contributed by atoms with Gasteiger partial charge in [-0.05, 0) is 19.9 Å². The third-order valence-corrected chi connectivity index (χ3v) is 5.99. The summed E-state index contributed by atoms with van der Waals surface area (Å²) in [5.74, 6) is 0. The molecule has 1 fully saturated rings. The zero-order chi connectivity index (χ0) is 14.9. The lowest BCUT2D eigenvalue weighted by Crippen LogP contribution is -2.33. The molecule has 0 amide bonds. The number of nitro groups is 1. The summed E-state index contributed by atoms with van der Waals surface area (Å²) < 4.78 is 26.3. The van der Waals surface area contributed by atoms with Gasteiger partial charge in [0.15, 0.2) is 5.00 Å². The minimum atomic E-state index is -3.74. The number of nitrogens with two attached hydrogens (primary N) is 1. The van der Waals surface area contributed by atoms with Crippen molar-refractivity contribution in [2.24, 2.45) is 0 Å². The number of nitrogens with one attached hydrogen (secondary N) is 1. The monoisotopic (exact) mass is 320 g/mol. The molecule has 0 aliphatic heterocycles. The van der Waals surface area contributed by atoms with Gasteiger partial charge in [0, 0.05) is 25.2 Å². The molecule has 8 nitrogen and oxygen atoms in total. The first kappa shape index (κ1) is 15.2. The van der Waals surface area contributed by atoms with Crippen LogP contribution in [0.15, 0.2) is 10.3 Å². The Morgan fingerprint density at radius 1 is 1.60 bits per heavy atom. The van der Waals surface area contributed by atoms with Gasteiger partial charge in [0.05, 0.1) is 4.92 Å². The number of thiophene rings is 1. The highest BCUT2D eigenvalue weighted by Gasteiger charge is 2.27. The topological polar surface area (TPSA) is 119 Å². The average Bonchev–Trinajstić information content (AvgIpc) is 3.11. The SMILES string of the molecule is CN(CCNS(=O)(=O)c1cc([N+](=O)[O-])c(N)s1)C1CC1. The summed E-state index contributed by atoms with van der Waals surface area (Å²) in [6, 6.07) is 1.55. The largest absolute Gasteiger partial charge is 0.385 e. The van der Waals surface area contributed by atoms with Crippen LogP contribution in [0.5, 0.6) is 0 Å². The predicted molar refractivity (Wildman–Crippen MR) is 76.2 cm³/mol. The first-order valence-electron chi connectivity index (χ1n) is 6.05. The molecule has 0 unspecified atom stereocenters. The molecule has 1 aliphatic rings. The number of rotatable bonds is 7. The Morgan fingerprint density at radius 3 is 2.75 bits per heavy atom. The van der Waals surface area contributed by atoms with Gasteiger partial charge in [0.1, 0.15) is 4.21 Å². The second-order valence-electron chi connectivity index (χ2n) is 4.68. The Kier molecular flexibility index (Phi) is 4.28. The van der Waals surface area contributed by atoms with Gasteiger partial charge < -0.3 is 10.6 Å². The minimum absolute atomic E-state index is 0.106. The zero-order valence-electron chi connectivity index (χ0n) is 10.9.